The van der Waals surface area contributed by atoms with Gasteiger partial charge in [0.2, 0.25) is 5.91 Å². The number of para-hydroxylation sites is 1. The highest BCUT2D eigenvalue weighted by molar-refractivity contribution is 6.00. The van der Waals surface area contributed by atoms with Crippen LogP contribution < -0.4 is 4.90 Å². The Kier molecular flexibility index (Phi) is 3.36. The molecule has 1 saturated heterocycles. The summed E-state index contributed by atoms with van der Waals surface area (Å²) in [6, 6.07) is 5.91. The summed E-state index contributed by atoms with van der Waals surface area (Å²) in [4.78, 5) is 24.6. The van der Waals surface area contributed by atoms with Crippen LogP contribution in [0.15, 0.2) is 18.2 Å². The summed E-state index contributed by atoms with van der Waals surface area (Å²) in [6.07, 6.45) is 0.936. The van der Waals surface area contributed by atoms with E-state index in [9.17, 15) is 9.59 Å². The zero-order valence-corrected chi connectivity index (χ0v) is 10.6. The summed E-state index contributed by atoms with van der Waals surface area (Å²) < 4.78 is 0. The Morgan fingerprint density at radius 2 is 2.22 bits per heavy atom. The smallest absolute Gasteiger partial charge is 0.308 e. The Bertz CT molecular complexity index is 496. The summed E-state index contributed by atoms with van der Waals surface area (Å²) in [6.45, 7) is 4.27. The zero-order valence-electron chi connectivity index (χ0n) is 10.6. The Balaban J connectivity index is 2.38. The molecule has 0 bridgehead atoms. The van der Waals surface area contributed by atoms with E-state index in [4.69, 9.17) is 5.11 Å². The largest absolute Gasteiger partial charge is 0.481 e. The molecule has 4 heteroatoms. The molecule has 0 unspecified atom stereocenters. The Labute approximate surface area is 106 Å². The molecule has 1 aliphatic rings. The van der Waals surface area contributed by atoms with Gasteiger partial charge in [0.15, 0.2) is 0 Å². The third-order valence-corrected chi connectivity index (χ3v) is 3.45. The number of carbonyl (C=O) groups is 2. The Hall–Kier alpha value is -1.84. The first-order valence-corrected chi connectivity index (χ1v) is 6.16. The fraction of sp³-hybridized carbons (Fsp3) is 0.429. The summed E-state index contributed by atoms with van der Waals surface area (Å²) in [7, 11) is 0. The molecule has 1 aromatic rings. The molecule has 0 aliphatic carbocycles. The highest BCUT2D eigenvalue weighted by Crippen LogP contribution is 2.31. The fourth-order valence-corrected chi connectivity index (χ4v) is 2.48. The van der Waals surface area contributed by atoms with Crippen LogP contribution in [0.25, 0.3) is 0 Å². The molecule has 1 N–H and O–H groups in total. The number of anilines is 1. The number of rotatable bonds is 3. The lowest BCUT2D eigenvalue weighted by atomic mass is 10.0. The molecular formula is C14H17NO3. The zero-order chi connectivity index (χ0) is 13.3. The summed E-state index contributed by atoms with van der Waals surface area (Å²) >= 11 is 0. The van der Waals surface area contributed by atoms with E-state index in [1.54, 1.807) is 4.90 Å². The topological polar surface area (TPSA) is 57.6 Å². The van der Waals surface area contributed by atoms with Crippen molar-refractivity contribution < 1.29 is 14.7 Å². The average Bonchev–Trinajstić information content (AvgIpc) is 2.71. The predicted octanol–water partition coefficient (Wildman–Crippen LogP) is 1.99. The van der Waals surface area contributed by atoms with E-state index in [2.05, 4.69) is 0 Å². The van der Waals surface area contributed by atoms with E-state index in [1.165, 1.54) is 0 Å². The monoisotopic (exact) mass is 247 g/mol. The van der Waals surface area contributed by atoms with Crippen molar-refractivity contribution in [3.05, 3.63) is 29.3 Å². The second kappa shape index (κ2) is 4.80. The number of nitrogens with zero attached hydrogens (tertiary/aromatic N) is 1. The molecule has 4 nitrogen and oxygen atoms in total. The van der Waals surface area contributed by atoms with Crippen molar-refractivity contribution in [2.75, 3.05) is 11.4 Å². The van der Waals surface area contributed by atoms with Gasteiger partial charge in [0, 0.05) is 18.7 Å². The minimum atomic E-state index is -0.891. The number of hydrogen-bond acceptors (Lipinski definition) is 2. The van der Waals surface area contributed by atoms with Gasteiger partial charge in [-0.2, -0.15) is 0 Å². The molecule has 0 spiro atoms. The van der Waals surface area contributed by atoms with E-state index >= 15 is 0 Å². The van der Waals surface area contributed by atoms with Crippen molar-refractivity contribution in [3.8, 4) is 0 Å². The van der Waals surface area contributed by atoms with E-state index in [0.29, 0.717) is 0 Å². The van der Waals surface area contributed by atoms with Crippen LogP contribution in [0, 0.1) is 12.8 Å². The summed E-state index contributed by atoms with van der Waals surface area (Å²) in [5.41, 5.74) is 3.01. The molecule has 96 valence electrons. The third kappa shape index (κ3) is 2.10. The van der Waals surface area contributed by atoms with Crippen molar-refractivity contribution in [1.29, 1.82) is 0 Å². The van der Waals surface area contributed by atoms with Gasteiger partial charge in [-0.1, -0.05) is 25.1 Å². The highest BCUT2D eigenvalue weighted by Gasteiger charge is 2.36. The summed E-state index contributed by atoms with van der Waals surface area (Å²) in [5.74, 6) is -1.56. The van der Waals surface area contributed by atoms with Gasteiger partial charge in [0.1, 0.15) is 0 Å². The van der Waals surface area contributed by atoms with Crippen LogP contribution in [0.4, 0.5) is 5.69 Å². The number of carboxylic acid groups (broad SMARTS) is 1. The van der Waals surface area contributed by atoms with Gasteiger partial charge < -0.3 is 10.0 Å². The van der Waals surface area contributed by atoms with Crippen LogP contribution >= 0.6 is 0 Å². The van der Waals surface area contributed by atoms with Crippen LogP contribution in [0.5, 0.6) is 0 Å². The number of amides is 1. The second-order valence-electron chi connectivity index (χ2n) is 4.68. The molecule has 18 heavy (non-hydrogen) atoms. The fourth-order valence-electron chi connectivity index (χ4n) is 2.48. The van der Waals surface area contributed by atoms with Crippen molar-refractivity contribution in [2.24, 2.45) is 5.92 Å². The van der Waals surface area contributed by atoms with Crippen molar-refractivity contribution in [1.82, 2.24) is 0 Å². The molecule has 1 aliphatic heterocycles. The van der Waals surface area contributed by atoms with Gasteiger partial charge in [-0.05, 0) is 24.5 Å². The maximum absolute atomic E-state index is 12.0. The number of benzene rings is 1. The first kappa shape index (κ1) is 12.6. The number of hydrogen-bond donors (Lipinski definition) is 1. The second-order valence-corrected chi connectivity index (χ2v) is 4.68. The normalized spacial score (nSPS) is 19.3. The van der Waals surface area contributed by atoms with Gasteiger partial charge in [-0.25, -0.2) is 0 Å². The Morgan fingerprint density at radius 3 is 2.78 bits per heavy atom. The predicted molar refractivity (Wildman–Crippen MR) is 68.7 cm³/mol. The number of carbonyl (C=O) groups excluding carboxylic acids is 1. The minimum absolute atomic E-state index is 0.0913. The number of aryl methyl sites for hydroxylation is 2. The molecule has 1 atom stereocenters. The molecular weight excluding hydrogens is 230 g/mol. The quantitative estimate of drug-likeness (QED) is 0.888. The first-order valence-electron chi connectivity index (χ1n) is 6.16. The van der Waals surface area contributed by atoms with Crippen LogP contribution in [-0.4, -0.2) is 23.5 Å². The van der Waals surface area contributed by atoms with Gasteiger partial charge >= 0.3 is 5.97 Å². The molecule has 0 saturated carbocycles. The molecule has 1 amide bonds. The average molecular weight is 247 g/mol. The lowest BCUT2D eigenvalue weighted by molar-refractivity contribution is -0.141. The van der Waals surface area contributed by atoms with Crippen molar-refractivity contribution >= 4 is 17.6 Å². The molecule has 0 aromatic heterocycles. The van der Waals surface area contributed by atoms with Crippen LogP contribution in [0.3, 0.4) is 0 Å². The van der Waals surface area contributed by atoms with E-state index < -0.39 is 11.9 Å². The lowest BCUT2D eigenvalue weighted by Gasteiger charge is -2.22. The van der Waals surface area contributed by atoms with Crippen molar-refractivity contribution in [3.63, 3.8) is 0 Å². The maximum atomic E-state index is 12.0. The maximum Gasteiger partial charge on any atom is 0.308 e. The Morgan fingerprint density at radius 1 is 1.50 bits per heavy atom. The van der Waals surface area contributed by atoms with Gasteiger partial charge in [-0.15, -0.1) is 0 Å². The summed E-state index contributed by atoms with van der Waals surface area (Å²) in [5, 5.41) is 9.01. The standard InChI is InChI=1S/C14H17NO3/c1-3-10-6-4-5-9(2)13(10)15-8-11(14(17)18)7-12(15)16/h4-6,11H,3,7-8H2,1-2H3,(H,17,18)/t11-/m1/s1. The minimum Gasteiger partial charge on any atom is -0.481 e. The molecule has 1 aromatic carbocycles. The molecule has 0 radical (unpaired) electrons. The van der Waals surface area contributed by atoms with Crippen molar-refractivity contribution in [2.45, 2.75) is 26.7 Å². The van der Waals surface area contributed by atoms with Gasteiger partial charge in [0.25, 0.3) is 0 Å². The van der Waals surface area contributed by atoms with Gasteiger partial charge in [-0.3, -0.25) is 9.59 Å². The SMILES string of the molecule is CCc1cccc(C)c1N1C[C@H](C(=O)O)CC1=O. The van der Waals surface area contributed by atoms with E-state index in [1.807, 2.05) is 32.0 Å². The lowest BCUT2D eigenvalue weighted by Crippen LogP contribution is -2.27. The van der Waals surface area contributed by atoms with Gasteiger partial charge in [0.05, 0.1) is 5.92 Å². The highest BCUT2D eigenvalue weighted by atomic mass is 16.4. The van der Waals surface area contributed by atoms with Crippen LogP contribution in [0.2, 0.25) is 0 Å². The number of carboxylic acids is 1. The van der Waals surface area contributed by atoms with E-state index in [0.717, 1.165) is 23.2 Å². The molecule has 1 fully saturated rings. The number of aliphatic carboxylic acids is 1. The first-order chi connectivity index (χ1) is 8.54. The molecule has 2 rings (SSSR count). The van der Waals surface area contributed by atoms with Crippen LogP contribution in [-0.2, 0) is 16.0 Å². The van der Waals surface area contributed by atoms with E-state index in [-0.39, 0.29) is 18.9 Å². The molecule has 1 heterocycles. The van der Waals surface area contributed by atoms with Crippen LogP contribution in [0.1, 0.15) is 24.5 Å². The third-order valence-electron chi connectivity index (χ3n) is 3.45.